The normalized spacial score (nSPS) is 17.8. The van der Waals surface area contributed by atoms with Gasteiger partial charge in [0.25, 0.3) is 0 Å². The van der Waals surface area contributed by atoms with Gasteiger partial charge in [-0.15, -0.1) is 23.5 Å². The van der Waals surface area contributed by atoms with Crippen LogP contribution in [0.4, 0.5) is 0 Å². The molecule has 2 saturated heterocycles. The van der Waals surface area contributed by atoms with Crippen LogP contribution in [-0.4, -0.2) is 65.8 Å². The molecule has 0 N–H and O–H groups in total. The molecule has 0 aliphatic carbocycles. The smallest absolute Gasteiger partial charge is 0.233 e. The van der Waals surface area contributed by atoms with E-state index in [1.54, 1.807) is 23.5 Å². The Morgan fingerprint density at radius 2 is 0.875 bits per heavy atom. The summed E-state index contributed by atoms with van der Waals surface area (Å²) in [7, 11) is 0. The van der Waals surface area contributed by atoms with Crippen molar-refractivity contribution in [1.82, 2.24) is 29.4 Å². The molecule has 2 atom stereocenters. The average molecular weight is 669 g/mol. The van der Waals surface area contributed by atoms with Crippen molar-refractivity contribution in [2.24, 2.45) is 0 Å². The van der Waals surface area contributed by atoms with Crippen LogP contribution >= 0.6 is 23.5 Å². The van der Waals surface area contributed by atoms with Gasteiger partial charge in [0.05, 0.1) is 34.3 Å². The van der Waals surface area contributed by atoms with E-state index in [-0.39, 0.29) is 22.6 Å². The molecule has 2 aromatic heterocycles. The van der Waals surface area contributed by atoms with Crippen LogP contribution in [-0.2, 0) is 9.59 Å². The summed E-state index contributed by atoms with van der Waals surface area (Å²) in [5.74, 6) is 0.885. The topological polar surface area (TPSA) is 76.3 Å². The third-order valence-electron chi connectivity index (χ3n) is 8.67. The second-order valence-corrected chi connectivity index (χ2v) is 13.8. The first-order chi connectivity index (χ1) is 23.6. The van der Waals surface area contributed by atoms with Gasteiger partial charge in [-0.3, -0.25) is 9.59 Å². The molecule has 6 aromatic rings. The van der Waals surface area contributed by atoms with E-state index in [9.17, 15) is 9.59 Å². The van der Waals surface area contributed by atoms with Gasteiger partial charge in [0.2, 0.25) is 11.8 Å². The Kier molecular flexibility index (Phi) is 8.34. The number of aromatic nitrogens is 4. The molecule has 0 radical (unpaired) electrons. The van der Waals surface area contributed by atoms with E-state index >= 15 is 0 Å². The largest absolute Gasteiger partial charge is 0.324 e. The molecule has 4 aromatic carbocycles. The summed E-state index contributed by atoms with van der Waals surface area (Å²) in [4.78, 5) is 30.8. The van der Waals surface area contributed by atoms with Crippen LogP contribution < -0.4 is 0 Å². The van der Waals surface area contributed by atoms with Crippen molar-refractivity contribution in [2.75, 3.05) is 24.6 Å². The lowest BCUT2D eigenvalue weighted by atomic mass is 10.1. The average Bonchev–Trinajstić information content (AvgIpc) is 3.94. The van der Waals surface area contributed by atoms with Crippen LogP contribution in [0.5, 0.6) is 0 Å². The molecule has 2 aliphatic rings. The second-order valence-electron chi connectivity index (χ2n) is 11.7. The Morgan fingerprint density at radius 1 is 0.521 bits per heavy atom. The third kappa shape index (κ3) is 5.82. The second kappa shape index (κ2) is 13.2. The monoisotopic (exact) mass is 668 g/mol. The van der Waals surface area contributed by atoms with Gasteiger partial charge in [0, 0.05) is 47.7 Å². The first-order valence-corrected chi connectivity index (χ1v) is 18.0. The molecular formula is C38H32N6O2S2. The van der Waals surface area contributed by atoms with Gasteiger partial charge in [-0.05, 0) is 24.3 Å². The molecule has 2 aliphatic heterocycles. The van der Waals surface area contributed by atoms with E-state index in [2.05, 4.69) is 24.3 Å². The van der Waals surface area contributed by atoms with Crippen molar-refractivity contribution in [2.45, 2.75) is 10.7 Å². The summed E-state index contributed by atoms with van der Waals surface area (Å²) in [5, 5.41) is 9.57. The fraction of sp³-hybridized carbons (Fsp3) is 0.158. The number of nitrogens with zero attached hydrogens (tertiary/aromatic N) is 6. The van der Waals surface area contributed by atoms with Crippen LogP contribution in [0.25, 0.3) is 33.9 Å². The number of benzene rings is 4. The van der Waals surface area contributed by atoms with Gasteiger partial charge < -0.3 is 9.80 Å². The quantitative estimate of drug-likeness (QED) is 0.162. The van der Waals surface area contributed by atoms with Gasteiger partial charge in [-0.2, -0.15) is 10.2 Å². The highest BCUT2D eigenvalue weighted by Gasteiger charge is 2.39. The summed E-state index contributed by atoms with van der Waals surface area (Å²) in [6.07, 6.45) is 4.09. The van der Waals surface area contributed by atoms with Gasteiger partial charge >= 0.3 is 0 Å². The molecule has 2 amide bonds. The standard InChI is InChI=1S/C38H32N6O2S2/c45-33-25-47-37(31-23-43(29-17-9-3-10-18-29)39-35(31)27-13-5-1-6-14-27)41(33)21-22-42-34(46)26-48-38(42)32-24-44(30-19-11-4-12-20-30)40-36(32)28-15-7-2-8-16-28/h1-20,23-24,37-38H,21-22,25-26H2/t37-,38-/m1/s1. The summed E-state index contributed by atoms with van der Waals surface area (Å²) < 4.78 is 3.79. The number of rotatable bonds is 9. The van der Waals surface area contributed by atoms with E-state index in [0.29, 0.717) is 24.6 Å². The number of para-hydroxylation sites is 2. The predicted molar refractivity (Wildman–Crippen MR) is 192 cm³/mol. The first kappa shape index (κ1) is 30.3. The highest BCUT2D eigenvalue weighted by atomic mass is 32.2. The number of carbonyl (C=O) groups excluding carboxylic acids is 2. The highest BCUT2D eigenvalue weighted by Crippen LogP contribution is 2.45. The molecule has 0 spiro atoms. The minimum Gasteiger partial charge on any atom is -0.324 e. The lowest BCUT2D eigenvalue weighted by molar-refractivity contribution is -0.132. The maximum absolute atomic E-state index is 13.5. The molecule has 238 valence electrons. The lowest BCUT2D eigenvalue weighted by Gasteiger charge is -2.29. The van der Waals surface area contributed by atoms with Crippen molar-refractivity contribution in [1.29, 1.82) is 0 Å². The Morgan fingerprint density at radius 3 is 1.25 bits per heavy atom. The maximum Gasteiger partial charge on any atom is 0.233 e. The molecule has 0 saturated carbocycles. The molecule has 8 nitrogen and oxygen atoms in total. The van der Waals surface area contributed by atoms with Gasteiger partial charge in [0.15, 0.2) is 0 Å². The lowest BCUT2D eigenvalue weighted by Crippen LogP contribution is -2.39. The van der Waals surface area contributed by atoms with E-state index < -0.39 is 0 Å². The summed E-state index contributed by atoms with van der Waals surface area (Å²) in [6, 6.07) is 40.3. The Bertz CT molecular complexity index is 1900. The Balaban J connectivity index is 1.10. The fourth-order valence-corrected chi connectivity index (χ4v) is 8.77. The molecule has 0 unspecified atom stereocenters. The van der Waals surface area contributed by atoms with Crippen LogP contribution in [0.15, 0.2) is 134 Å². The van der Waals surface area contributed by atoms with Crippen LogP contribution in [0.3, 0.4) is 0 Å². The number of hydrogen-bond donors (Lipinski definition) is 0. The third-order valence-corrected chi connectivity index (χ3v) is 11.1. The zero-order valence-corrected chi connectivity index (χ0v) is 27.6. The van der Waals surface area contributed by atoms with Gasteiger partial charge in [0.1, 0.15) is 10.7 Å². The summed E-state index contributed by atoms with van der Waals surface area (Å²) in [6.45, 7) is 0.828. The number of carbonyl (C=O) groups is 2. The Hall–Kier alpha value is -5.06. The van der Waals surface area contributed by atoms with E-state index in [1.165, 1.54) is 0 Å². The summed E-state index contributed by atoms with van der Waals surface area (Å²) >= 11 is 3.22. The molecule has 2 fully saturated rings. The molecule has 10 heteroatoms. The van der Waals surface area contributed by atoms with Crippen LogP contribution in [0, 0.1) is 0 Å². The van der Waals surface area contributed by atoms with E-state index in [1.807, 2.05) is 129 Å². The highest BCUT2D eigenvalue weighted by molar-refractivity contribution is 8.00. The molecule has 8 rings (SSSR count). The minimum atomic E-state index is -0.227. The van der Waals surface area contributed by atoms with Gasteiger partial charge in [-0.1, -0.05) is 97.1 Å². The molecule has 48 heavy (non-hydrogen) atoms. The van der Waals surface area contributed by atoms with E-state index in [0.717, 1.165) is 45.0 Å². The number of hydrogen-bond acceptors (Lipinski definition) is 6. The molecular weight excluding hydrogens is 637 g/mol. The fourth-order valence-electron chi connectivity index (χ4n) is 6.33. The maximum atomic E-state index is 13.5. The minimum absolute atomic E-state index is 0.0641. The van der Waals surface area contributed by atoms with Crippen molar-refractivity contribution >= 4 is 35.3 Å². The van der Waals surface area contributed by atoms with Crippen molar-refractivity contribution < 1.29 is 9.59 Å². The van der Waals surface area contributed by atoms with Crippen molar-refractivity contribution in [3.8, 4) is 33.9 Å². The zero-order valence-electron chi connectivity index (χ0n) is 26.0. The number of amides is 2. The summed E-state index contributed by atoms with van der Waals surface area (Å²) in [5.41, 5.74) is 7.56. The predicted octanol–water partition coefficient (Wildman–Crippen LogP) is 7.24. The Labute approximate surface area is 287 Å². The SMILES string of the molecule is O=C1CS[C@H](c2cn(-c3ccccc3)nc2-c2ccccc2)N1CCN1C(=O)CS[C@@H]1c1cn(-c2ccccc2)nc1-c1ccccc1. The van der Waals surface area contributed by atoms with Gasteiger partial charge in [-0.25, -0.2) is 9.36 Å². The molecule has 4 heterocycles. The van der Waals surface area contributed by atoms with Crippen molar-refractivity contribution in [3.05, 3.63) is 145 Å². The van der Waals surface area contributed by atoms with Crippen LogP contribution in [0.1, 0.15) is 21.9 Å². The first-order valence-electron chi connectivity index (χ1n) is 15.9. The molecule has 0 bridgehead atoms. The van der Waals surface area contributed by atoms with Crippen molar-refractivity contribution in [3.63, 3.8) is 0 Å². The zero-order chi connectivity index (χ0) is 32.5. The van der Waals surface area contributed by atoms with Crippen LogP contribution in [0.2, 0.25) is 0 Å². The number of thioether (sulfide) groups is 2. The van der Waals surface area contributed by atoms with E-state index in [4.69, 9.17) is 10.2 Å².